The van der Waals surface area contributed by atoms with Crippen molar-refractivity contribution in [3.05, 3.63) is 29.8 Å². The Morgan fingerprint density at radius 1 is 1.19 bits per heavy atom. The van der Waals surface area contributed by atoms with Gasteiger partial charge < -0.3 is 9.84 Å². The number of ether oxygens (including phenoxy) is 1. The molecule has 2 aliphatic rings. The number of hydrogen-bond donors (Lipinski definition) is 2. The maximum atomic E-state index is 13.0. The Morgan fingerprint density at radius 2 is 1.85 bits per heavy atom. The molecule has 140 valence electrons. The number of carbonyl (C=O) groups is 3. The molecular formula is C19H24N2O5. The van der Waals surface area contributed by atoms with E-state index in [2.05, 4.69) is 5.32 Å². The molecule has 3 rings (SSSR count). The topological polar surface area (TPSA) is 95.9 Å². The first-order chi connectivity index (χ1) is 12.4. The molecule has 26 heavy (non-hydrogen) atoms. The molecule has 2 aliphatic heterocycles. The number of aromatic hydroxyl groups is 1. The van der Waals surface area contributed by atoms with E-state index in [1.165, 1.54) is 17.0 Å². The Balaban J connectivity index is 2.11. The summed E-state index contributed by atoms with van der Waals surface area (Å²) in [5, 5.41) is 12.8. The summed E-state index contributed by atoms with van der Waals surface area (Å²) >= 11 is 0. The van der Waals surface area contributed by atoms with Crippen molar-refractivity contribution in [3.8, 4) is 5.75 Å². The molecule has 2 fully saturated rings. The fourth-order valence-electron chi connectivity index (χ4n) is 4.26. The van der Waals surface area contributed by atoms with Crippen molar-refractivity contribution in [1.82, 2.24) is 10.2 Å². The monoisotopic (exact) mass is 360 g/mol. The number of esters is 1. The van der Waals surface area contributed by atoms with Crippen LogP contribution < -0.4 is 5.32 Å². The number of fused-ring (bicyclic) bond motifs is 1. The zero-order valence-electron chi connectivity index (χ0n) is 15.2. The van der Waals surface area contributed by atoms with E-state index in [1.807, 2.05) is 6.92 Å². The van der Waals surface area contributed by atoms with E-state index >= 15 is 0 Å². The number of likely N-dealkylation sites (tertiary alicyclic amines) is 1. The van der Waals surface area contributed by atoms with Crippen LogP contribution in [-0.4, -0.2) is 46.5 Å². The van der Waals surface area contributed by atoms with E-state index in [4.69, 9.17) is 4.74 Å². The molecule has 7 heteroatoms. The molecule has 7 nitrogen and oxygen atoms in total. The highest BCUT2D eigenvalue weighted by Crippen LogP contribution is 2.50. The van der Waals surface area contributed by atoms with Crippen molar-refractivity contribution in [3.63, 3.8) is 0 Å². The fourth-order valence-corrected chi connectivity index (χ4v) is 4.26. The standard InChI is InChI=1S/C19H24N2O5/c1-4-19(18(25)26-6-3)14-13(16(23)21(5-2)17(14)24)15(20-19)11-7-9-12(22)10-8-11/h7-10,13-15,20,22H,4-6H2,1-3H3. The molecule has 2 saturated heterocycles. The van der Waals surface area contributed by atoms with Gasteiger partial charge in [0.05, 0.1) is 18.4 Å². The van der Waals surface area contributed by atoms with E-state index in [-0.39, 0.29) is 30.7 Å². The Morgan fingerprint density at radius 3 is 2.38 bits per heavy atom. The average Bonchev–Trinajstić information content (AvgIpc) is 3.11. The maximum absolute atomic E-state index is 13.0. The zero-order chi connectivity index (χ0) is 19.1. The number of rotatable bonds is 5. The Kier molecular flexibility index (Phi) is 4.75. The number of phenolic OH excluding ortho intramolecular Hbond substituents is 1. The number of benzene rings is 1. The summed E-state index contributed by atoms with van der Waals surface area (Å²) in [5.41, 5.74) is -0.489. The summed E-state index contributed by atoms with van der Waals surface area (Å²) in [7, 11) is 0. The minimum Gasteiger partial charge on any atom is -0.508 e. The van der Waals surface area contributed by atoms with Gasteiger partial charge in [-0.2, -0.15) is 0 Å². The van der Waals surface area contributed by atoms with Crippen LogP contribution in [-0.2, 0) is 19.1 Å². The molecule has 4 unspecified atom stereocenters. The lowest BCUT2D eigenvalue weighted by atomic mass is 9.78. The van der Waals surface area contributed by atoms with Gasteiger partial charge in [-0.05, 0) is 38.0 Å². The lowest BCUT2D eigenvalue weighted by Crippen LogP contribution is -2.56. The van der Waals surface area contributed by atoms with Crippen LogP contribution in [0.25, 0.3) is 0 Å². The van der Waals surface area contributed by atoms with Crippen molar-refractivity contribution < 1.29 is 24.2 Å². The third-order valence-corrected chi connectivity index (χ3v) is 5.51. The number of amides is 2. The lowest BCUT2D eigenvalue weighted by Gasteiger charge is -2.31. The molecule has 0 bridgehead atoms. The van der Waals surface area contributed by atoms with Crippen molar-refractivity contribution in [2.75, 3.05) is 13.2 Å². The predicted molar refractivity (Wildman–Crippen MR) is 93.0 cm³/mol. The Bertz CT molecular complexity index is 732. The van der Waals surface area contributed by atoms with E-state index in [1.54, 1.807) is 26.0 Å². The van der Waals surface area contributed by atoms with Crippen LogP contribution >= 0.6 is 0 Å². The highest BCUT2D eigenvalue weighted by Gasteiger charge is 2.67. The van der Waals surface area contributed by atoms with Crippen molar-refractivity contribution in [2.45, 2.75) is 38.8 Å². The Hall–Kier alpha value is -2.41. The molecule has 2 heterocycles. The molecule has 2 N–H and O–H groups in total. The average molecular weight is 360 g/mol. The lowest BCUT2D eigenvalue weighted by molar-refractivity contribution is -0.156. The fraction of sp³-hybridized carbons (Fsp3) is 0.526. The van der Waals surface area contributed by atoms with Gasteiger partial charge in [0.1, 0.15) is 11.3 Å². The summed E-state index contributed by atoms with van der Waals surface area (Å²) in [6, 6.07) is 5.96. The molecule has 4 atom stereocenters. The first-order valence-corrected chi connectivity index (χ1v) is 9.00. The van der Waals surface area contributed by atoms with Gasteiger partial charge in [0.15, 0.2) is 0 Å². The van der Waals surface area contributed by atoms with Crippen LogP contribution in [0.3, 0.4) is 0 Å². The number of nitrogens with one attached hydrogen (secondary N) is 1. The third-order valence-electron chi connectivity index (χ3n) is 5.51. The number of nitrogens with zero attached hydrogens (tertiary/aromatic N) is 1. The van der Waals surface area contributed by atoms with Crippen molar-refractivity contribution in [2.24, 2.45) is 11.8 Å². The van der Waals surface area contributed by atoms with E-state index in [0.717, 1.165) is 5.56 Å². The van der Waals surface area contributed by atoms with Gasteiger partial charge in [0, 0.05) is 12.6 Å². The first kappa shape index (κ1) is 18.4. The molecule has 2 amide bonds. The first-order valence-electron chi connectivity index (χ1n) is 9.00. The van der Waals surface area contributed by atoms with Gasteiger partial charge in [0.2, 0.25) is 11.8 Å². The second-order valence-corrected chi connectivity index (χ2v) is 6.68. The molecule has 0 aromatic heterocycles. The molecule has 0 spiro atoms. The minimum atomic E-state index is -1.24. The summed E-state index contributed by atoms with van der Waals surface area (Å²) in [5.74, 6) is -2.45. The van der Waals surface area contributed by atoms with Gasteiger partial charge >= 0.3 is 5.97 Å². The van der Waals surface area contributed by atoms with Crippen LogP contribution in [0, 0.1) is 11.8 Å². The van der Waals surface area contributed by atoms with Crippen LogP contribution in [0.5, 0.6) is 5.75 Å². The molecule has 1 aromatic carbocycles. The van der Waals surface area contributed by atoms with Crippen LogP contribution in [0.1, 0.15) is 38.8 Å². The zero-order valence-corrected chi connectivity index (χ0v) is 15.2. The normalized spacial score (nSPS) is 30.6. The highest BCUT2D eigenvalue weighted by molar-refractivity contribution is 6.09. The number of phenols is 1. The van der Waals surface area contributed by atoms with E-state index < -0.39 is 29.4 Å². The third kappa shape index (κ3) is 2.49. The quantitative estimate of drug-likeness (QED) is 0.608. The van der Waals surface area contributed by atoms with Gasteiger partial charge in [-0.25, -0.2) is 0 Å². The molecule has 0 radical (unpaired) electrons. The molecule has 0 saturated carbocycles. The second kappa shape index (κ2) is 6.72. The number of hydrogen-bond acceptors (Lipinski definition) is 6. The summed E-state index contributed by atoms with van der Waals surface area (Å²) in [4.78, 5) is 39.9. The number of imide groups is 1. The van der Waals surface area contributed by atoms with Gasteiger partial charge in [-0.15, -0.1) is 0 Å². The second-order valence-electron chi connectivity index (χ2n) is 6.68. The number of carbonyl (C=O) groups excluding carboxylic acids is 3. The predicted octanol–water partition coefficient (Wildman–Crippen LogP) is 1.37. The molecule has 0 aliphatic carbocycles. The SMILES string of the molecule is CCOC(=O)C1(CC)NC(c2ccc(O)cc2)C2C(=O)N(CC)C(=O)C21. The van der Waals surface area contributed by atoms with E-state index in [9.17, 15) is 19.5 Å². The van der Waals surface area contributed by atoms with E-state index in [0.29, 0.717) is 6.42 Å². The minimum absolute atomic E-state index is 0.111. The van der Waals surface area contributed by atoms with Gasteiger partial charge in [0.25, 0.3) is 0 Å². The highest BCUT2D eigenvalue weighted by atomic mass is 16.5. The summed E-state index contributed by atoms with van der Waals surface area (Å²) < 4.78 is 5.26. The largest absolute Gasteiger partial charge is 0.508 e. The maximum Gasteiger partial charge on any atom is 0.327 e. The van der Waals surface area contributed by atoms with Gasteiger partial charge in [-0.1, -0.05) is 19.1 Å². The molecular weight excluding hydrogens is 336 g/mol. The molecule has 1 aromatic rings. The Labute approximate surface area is 152 Å². The van der Waals surface area contributed by atoms with Crippen LogP contribution in [0.4, 0.5) is 0 Å². The smallest absolute Gasteiger partial charge is 0.327 e. The van der Waals surface area contributed by atoms with Crippen LogP contribution in [0.2, 0.25) is 0 Å². The van der Waals surface area contributed by atoms with Gasteiger partial charge in [-0.3, -0.25) is 24.6 Å². The van der Waals surface area contributed by atoms with Crippen LogP contribution in [0.15, 0.2) is 24.3 Å². The van der Waals surface area contributed by atoms with Crippen molar-refractivity contribution in [1.29, 1.82) is 0 Å². The van der Waals surface area contributed by atoms with Crippen molar-refractivity contribution >= 4 is 17.8 Å². The summed E-state index contributed by atoms with van der Waals surface area (Å²) in [6.07, 6.45) is 0.332. The summed E-state index contributed by atoms with van der Waals surface area (Å²) in [6.45, 7) is 5.74.